The SMILES string of the molecule is O=C(O)CCCCCC[C@@H]1/C(=C\CC(O)C#Cc2cc(F)ccc2F)[C@H](O)C[C@@H]1O. The zero-order chi connectivity index (χ0) is 22.1. The Morgan fingerprint density at radius 2 is 1.93 bits per heavy atom. The number of aliphatic hydroxyl groups excluding tert-OH is 3. The minimum Gasteiger partial charge on any atom is -0.481 e. The zero-order valence-corrected chi connectivity index (χ0v) is 16.7. The molecule has 5 nitrogen and oxygen atoms in total. The Bertz CT molecular complexity index is 812. The predicted molar refractivity (Wildman–Crippen MR) is 107 cm³/mol. The maximum absolute atomic E-state index is 13.6. The summed E-state index contributed by atoms with van der Waals surface area (Å²) < 4.78 is 26.7. The molecule has 0 heterocycles. The molecule has 1 aromatic carbocycles. The molecule has 4 atom stereocenters. The maximum atomic E-state index is 13.6. The lowest BCUT2D eigenvalue weighted by molar-refractivity contribution is -0.137. The monoisotopic (exact) mass is 422 g/mol. The number of rotatable bonds is 9. The van der Waals surface area contributed by atoms with Gasteiger partial charge in [0.25, 0.3) is 0 Å². The van der Waals surface area contributed by atoms with Crippen molar-refractivity contribution in [2.24, 2.45) is 5.92 Å². The van der Waals surface area contributed by atoms with E-state index in [1.807, 2.05) is 0 Å². The Morgan fingerprint density at radius 3 is 2.67 bits per heavy atom. The molecule has 0 radical (unpaired) electrons. The summed E-state index contributed by atoms with van der Waals surface area (Å²) in [5.74, 6) is 2.57. The lowest BCUT2D eigenvalue weighted by Gasteiger charge is -2.17. The largest absolute Gasteiger partial charge is 0.481 e. The normalized spacial score (nSPS) is 23.2. The van der Waals surface area contributed by atoms with Crippen LogP contribution in [0.5, 0.6) is 0 Å². The molecule has 164 valence electrons. The second kappa shape index (κ2) is 11.8. The number of carboxylic acid groups (broad SMARTS) is 1. The van der Waals surface area contributed by atoms with Crippen LogP contribution in [0.1, 0.15) is 56.9 Å². The smallest absolute Gasteiger partial charge is 0.303 e. The fraction of sp³-hybridized carbons (Fsp3) is 0.522. The molecule has 1 saturated carbocycles. The van der Waals surface area contributed by atoms with E-state index in [2.05, 4.69) is 11.8 Å². The molecule has 1 aromatic rings. The summed E-state index contributed by atoms with van der Waals surface area (Å²) in [5.41, 5.74) is 0.518. The highest BCUT2D eigenvalue weighted by atomic mass is 19.1. The van der Waals surface area contributed by atoms with Crippen molar-refractivity contribution < 1.29 is 34.0 Å². The van der Waals surface area contributed by atoms with E-state index in [9.17, 15) is 28.9 Å². The number of aliphatic hydroxyl groups is 3. The average Bonchev–Trinajstić information content (AvgIpc) is 2.95. The van der Waals surface area contributed by atoms with E-state index in [1.54, 1.807) is 6.08 Å². The van der Waals surface area contributed by atoms with Gasteiger partial charge in [-0.3, -0.25) is 4.79 Å². The van der Waals surface area contributed by atoms with E-state index in [1.165, 1.54) is 0 Å². The second-order valence-corrected chi connectivity index (χ2v) is 7.62. The van der Waals surface area contributed by atoms with Crippen LogP contribution < -0.4 is 0 Å². The van der Waals surface area contributed by atoms with E-state index in [4.69, 9.17) is 5.11 Å². The lowest BCUT2D eigenvalue weighted by Crippen LogP contribution is -2.15. The molecule has 0 bridgehead atoms. The fourth-order valence-electron chi connectivity index (χ4n) is 3.70. The van der Waals surface area contributed by atoms with Gasteiger partial charge in [0.15, 0.2) is 0 Å². The van der Waals surface area contributed by atoms with Crippen LogP contribution in [0.15, 0.2) is 29.8 Å². The van der Waals surface area contributed by atoms with Crippen molar-refractivity contribution >= 4 is 5.97 Å². The third-order valence-electron chi connectivity index (χ3n) is 5.28. The minimum absolute atomic E-state index is 0.0954. The molecule has 1 aliphatic carbocycles. The molecular weight excluding hydrogens is 394 g/mol. The van der Waals surface area contributed by atoms with Crippen molar-refractivity contribution in [1.29, 1.82) is 0 Å². The molecule has 2 rings (SSSR count). The summed E-state index contributed by atoms with van der Waals surface area (Å²) in [6.45, 7) is 0. The van der Waals surface area contributed by atoms with Crippen LogP contribution in [0.25, 0.3) is 0 Å². The zero-order valence-electron chi connectivity index (χ0n) is 16.7. The molecule has 0 aromatic heterocycles. The summed E-state index contributed by atoms with van der Waals surface area (Å²) in [5, 5.41) is 39.2. The highest BCUT2D eigenvalue weighted by Gasteiger charge is 2.35. The highest BCUT2D eigenvalue weighted by molar-refractivity contribution is 5.66. The summed E-state index contributed by atoms with van der Waals surface area (Å²) >= 11 is 0. The number of aliphatic carboxylic acids is 1. The Hall–Kier alpha value is -2.27. The van der Waals surface area contributed by atoms with Crippen molar-refractivity contribution in [3.05, 3.63) is 47.0 Å². The first-order valence-electron chi connectivity index (χ1n) is 10.2. The van der Waals surface area contributed by atoms with Crippen molar-refractivity contribution in [3.63, 3.8) is 0 Å². The van der Waals surface area contributed by atoms with Crippen LogP contribution in [0, 0.1) is 29.4 Å². The Kier molecular flexibility index (Phi) is 9.44. The second-order valence-electron chi connectivity index (χ2n) is 7.62. The molecule has 1 aliphatic rings. The van der Waals surface area contributed by atoms with Crippen LogP contribution in [0.4, 0.5) is 8.78 Å². The van der Waals surface area contributed by atoms with Gasteiger partial charge in [-0.05, 0) is 36.6 Å². The van der Waals surface area contributed by atoms with Crippen LogP contribution in [-0.4, -0.2) is 44.7 Å². The van der Waals surface area contributed by atoms with Gasteiger partial charge in [0.2, 0.25) is 0 Å². The van der Waals surface area contributed by atoms with E-state index in [-0.39, 0.29) is 30.7 Å². The number of hydrogen-bond acceptors (Lipinski definition) is 4. The number of carboxylic acids is 1. The van der Waals surface area contributed by atoms with Gasteiger partial charge in [-0.1, -0.05) is 37.2 Å². The number of halogens is 2. The molecule has 0 amide bonds. The first-order chi connectivity index (χ1) is 14.3. The molecule has 7 heteroatoms. The topological polar surface area (TPSA) is 98.0 Å². The van der Waals surface area contributed by atoms with Crippen molar-refractivity contribution in [2.75, 3.05) is 0 Å². The number of unbranched alkanes of at least 4 members (excludes halogenated alkanes) is 3. The number of hydrogen-bond donors (Lipinski definition) is 4. The van der Waals surface area contributed by atoms with E-state index < -0.39 is 35.9 Å². The molecule has 30 heavy (non-hydrogen) atoms. The van der Waals surface area contributed by atoms with Crippen LogP contribution in [-0.2, 0) is 4.79 Å². The van der Waals surface area contributed by atoms with Crippen molar-refractivity contribution in [1.82, 2.24) is 0 Å². The van der Waals surface area contributed by atoms with Crippen molar-refractivity contribution in [2.45, 2.75) is 69.7 Å². The van der Waals surface area contributed by atoms with Gasteiger partial charge in [0.05, 0.1) is 17.8 Å². The third-order valence-corrected chi connectivity index (χ3v) is 5.28. The highest BCUT2D eigenvalue weighted by Crippen LogP contribution is 2.36. The maximum Gasteiger partial charge on any atom is 0.303 e. The van der Waals surface area contributed by atoms with Gasteiger partial charge in [0.1, 0.15) is 17.7 Å². The Balaban J connectivity index is 1.90. The van der Waals surface area contributed by atoms with E-state index in [0.717, 1.165) is 37.5 Å². The van der Waals surface area contributed by atoms with Gasteiger partial charge in [-0.15, -0.1) is 0 Å². The number of carbonyl (C=O) groups is 1. The van der Waals surface area contributed by atoms with Crippen LogP contribution in [0.3, 0.4) is 0 Å². The summed E-state index contributed by atoms with van der Waals surface area (Å²) in [6.07, 6.45) is 3.25. The van der Waals surface area contributed by atoms with E-state index >= 15 is 0 Å². The lowest BCUT2D eigenvalue weighted by atomic mass is 9.92. The number of benzene rings is 1. The first-order valence-corrected chi connectivity index (χ1v) is 10.2. The van der Waals surface area contributed by atoms with Gasteiger partial charge in [0, 0.05) is 25.2 Å². The average molecular weight is 422 g/mol. The Morgan fingerprint density at radius 1 is 1.20 bits per heavy atom. The minimum atomic E-state index is -1.12. The molecule has 1 fully saturated rings. The first kappa shape index (κ1) is 24.0. The molecule has 1 unspecified atom stereocenters. The van der Waals surface area contributed by atoms with Gasteiger partial charge < -0.3 is 20.4 Å². The van der Waals surface area contributed by atoms with Gasteiger partial charge >= 0.3 is 5.97 Å². The Labute approximate surface area is 175 Å². The van der Waals surface area contributed by atoms with Crippen LogP contribution >= 0.6 is 0 Å². The van der Waals surface area contributed by atoms with Crippen molar-refractivity contribution in [3.8, 4) is 11.8 Å². The molecule has 0 saturated heterocycles. The molecular formula is C23H28F2O5. The van der Waals surface area contributed by atoms with Crippen LogP contribution in [0.2, 0.25) is 0 Å². The molecule has 4 N–H and O–H groups in total. The summed E-state index contributed by atoms with van der Waals surface area (Å²) in [7, 11) is 0. The van der Waals surface area contributed by atoms with Gasteiger partial charge in [-0.25, -0.2) is 8.78 Å². The summed E-state index contributed by atoms with van der Waals surface area (Å²) in [6, 6.07) is 2.91. The molecule has 0 aliphatic heterocycles. The third kappa shape index (κ3) is 7.52. The quantitative estimate of drug-likeness (QED) is 0.278. The standard InChI is InChI=1S/C23H28F2O5/c24-16-8-12-20(25)15(13-16)7-9-17(26)10-11-19-18(21(27)14-22(19)28)5-3-1-2-4-6-23(29)30/h8,11-13,17-18,21-22,26-28H,1-6,10,14H2,(H,29,30)/b19-11+/t17?,18-,21+,22-/m1/s1. The van der Waals surface area contributed by atoms with E-state index in [0.29, 0.717) is 18.4 Å². The summed E-state index contributed by atoms with van der Waals surface area (Å²) in [4.78, 5) is 10.5. The van der Waals surface area contributed by atoms with Gasteiger partial charge in [-0.2, -0.15) is 0 Å². The molecule has 0 spiro atoms. The predicted octanol–water partition coefficient (Wildman–Crippen LogP) is 3.16. The fourth-order valence-corrected chi connectivity index (χ4v) is 3.70.